The van der Waals surface area contributed by atoms with Crippen molar-refractivity contribution < 1.29 is 9.53 Å². The van der Waals surface area contributed by atoms with Gasteiger partial charge in [-0.1, -0.05) is 12.1 Å². The minimum Gasteiger partial charge on any atom is -0.382 e. The Kier molecular flexibility index (Phi) is 6.87. The number of ether oxygens (including phenoxy) is 1. The Morgan fingerprint density at radius 1 is 1.06 bits per heavy atom. The molecule has 2 fully saturated rings. The Balaban J connectivity index is 1.35. The van der Waals surface area contributed by atoms with Gasteiger partial charge in [-0.25, -0.2) is 9.97 Å². The Bertz CT molecular complexity index is 1180. The first kappa shape index (κ1) is 23.2. The van der Waals surface area contributed by atoms with Gasteiger partial charge < -0.3 is 26.0 Å². The molecule has 1 aromatic carbocycles. The number of carbonyl (C=O) groups excluding carboxylic acids is 1. The van der Waals surface area contributed by atoms with E-state index in [1.807, 2.05) is 18.2 Å². The Labute approximate surface area is 205 Å². The van der Waals surface area contributed by atoms with E-state index in [-0.39, 0.29) is 29.8 Å². The molecule has 1 atom stereocenters. The number of hydrogen-bond donors (Lipinski definition) is 2. The van der Waals surface area contributed by atoms with Gasteiger partial charge >= 0.3 is 0 Å². The molecule has 0 amide bonds. The number of morpholine rings is 1. The molecule has 2 saturated heterocycles. The van der Waals surface area contributed by atoms with Gasteiger partial charge in [0.15, 0.2) is 11.6 Å². The summed E-state index contributed by atoms with van der Waals surface area (Å²) < 4.78 is 5.46. The first-order valence-corrected chi connectivity index (χ1v) is 12.1. The van der Waals surface area contributed by atoms with Gasteiger partial charge in [0.1, 0.15) is 5.69 Å². The summed E-state index contributed by atoms with van der Waals surface area (Å²) in [4.78, 5) is 30.9. The van der Waals surface area contributed by atoms with Crippen LogP contribution in [0.25, 0.3) is 11.3 Å². The molecule has 0 spiro atoms. The van der Waals surface area contributed by atoms with Gasteiger partial charge in [0, 0.05) is 73.5 Å². The average Bonchev–Trinajstić information content (AvgIpc) is 2.90. The van der Waals surface area contributed by atoms with Gasteiger partial charge in [-0.3, -0.25) is 9.78 Å². The molecule has 182 valence electrons. The lowest BCUT2D eigenvalue weighted by atomic mass is 10.0. The number of pyridine rings is 1. The minimum absolute atomic E-state index is 0.134. The number of benzene rings is 1. The Morgan fingerprint density at radius 2 is 1.86 bits per heavy atom. The van der Waals surface area contributed by atoms with E-state index in [1.54, 1.807) is 18.6 Å². The molecule has 0 saturated carbocycles. The number of Topliss-reactive ketones (excluding diaryl/α,β-unsaturated/α-hetero) is 1. The van der Waals surface area contributed by atoms with Gasteiger partial charge in [-0.2, -0.15) is 0 Å². The van der Waals surface area contributed by atoms with Crippen LogP contribution in [-0.2, 0) is 11.2 Å². The summed E-state index contributed by atoms with van der Waals surface area (Å²) in [6, 6.07) is 10.3. The van der Waals surface area contributed by atoms with Crippen molar-refractivity contribution in [3.8, 4) is 11.3 Å². The van der Waals surface area contributed by atoms with Gasteiger partial charge in [-0.05, 0) is 31.0 Å². The third-order valence-corrected chi connectivity index (χ3v) is 6.63. The number of carbonyl (C=O) groups is 1. The first-order chi connectivity index (χ1) is 17.1. The highest BCUT2D eigenvalue weighted by Crippen LogP contribution is 2.26. The number of nitrogens with zero attached hydrogens (tertiary/aromatic N) is 5. The normalized spacial score (nSPS) is 18.5. The maximum atomic E-state index is 13.3. The predicted molar refractivity (Wildman–Crippen MR) is 137 cm³/mol. The molecule has 9 heteroatoms. The van der Waals surface area contributed by atoms with E-state index >= 15 is 0 Å². The van der Waals surface area contributed by atoms with E-state index in [9.17, 15) is 4.79 Å². The van der Waals surface area contributed by atoms with Crippen LogP contribution in [0.15, 0.2) is 48.9 Å². The van der Waals surface area contributed by atoms with Gasteiger partial charge in [0.2, 0.25) is 0 Å². The summed E-state index contributed by atoms with van der Waals surface area (Å²) in [6.45, 7) is 4.76. The smallest absolute Gasteiger partial charge is 0.189 e. The van der Waals surface area contributed by atoms with Crippen LogP contribution in [0.4, 0.5) is 17.2 Å². The predicted octanol–water partition coefficient (Wildman–Crippen LogP) is 2.31. The van der Waals surface area contributed by atoms with Crippen LogP contribution in [0.3, 0.4) is 0 Å². The van der Waals surface area contributed by atoms with E-state index in [0.717, 1.165) is 61.5 Å². The zero-order valence-electron chi connectivity index (χ0n) is 19.8. The summed E-state index contributed by atoms with van der Waals surface area (Å²) in [6.07, 6.45) is 7.41. The van der Waals surface area contributed by atoms with Crippen LogP contribution in [0.1, 0.15) is 28.9 Å². The highest BCUT2D eigenvalue weighted by Gasteiger charge is 2.21. The zero-order chi connectivity index (χ0) is 24.2. The summed E-state index contributed by atoms with van der Waals surface area (Å²) >= 11 is 0. The lowest BCUT2D eigenvalue weighted by molar-refractivity contribution is 0.0988. The molecule has 2 aliphatic heterocycles. The van der Waals surface area contributed by atoms with E-state index in [0.29, 0.717) is 18.9 Å². The number of piperidine rings is 1. The first-order valence-electron chi connectivity index (χ1n) is 12.1. The summed E-state index contributed by atoms with van der Waals surface area (Å²) in [5.41, 5.74) is 16.9. The van der Waals surface area contributed by atoms with E-state index in [1.165, 1.54) is 0 Å². The molecule has 2 aliphatic rings. The molecule has 0 aliphatic carbocycles. The molecule has 0 unspecified atom stereocenters. The van der Waals surface area contributed by atoms with Crippen molar-refractivity contribution in [2.75, 3.05) is 54.9 Å². The number of aromatic nitrogens is 3. The molecule has 3 aromatic rings. The molecule has 2 aromatic heterocycles. The molecule has 0 bridgehead atoms. The third-order valence-electron chi connectivity index (χ3n) is 6.63. The number of nitrogen functional groups attached to an aromatic ring is 1. The Morgan fingerprint density at radius 3 is 2.63 bits per heavy atom. The van der Waals surface area contributed by atoms with Crippen LogP contribution < -0.4 is 21.3 Å². The van der Waals surface area contributed by atoms with Crippen molar-refractivity contribution in [1.29, 1.82) is 0 Å². The minimum atomic E-state index is -0.182. The maximum absolute atomic E-state index is 13.3. The standard InChI is InChI=1S/C26H31N7O2/c27-20-2-1-9-33(17-20)21-5-3-18(4-6-21)22-16-30-26(28)25(31-22)24(34)14-19-15-29-8-7-23(19)32-10-12-35-13-11-32/h3-8,15-16,20H,1-2,9-14,17,27H2,(H2,28,30)/t20-/m0/s1. The van der Waals surface area contributed by atoms with Crippen molar-refractivity contribution in [3.05, 3.63) is 60.2 Å². The molecule has 4 N–H and O–H groups in total. The van der Waals surface area contributed by atoms with Crippen LogP contribution >= 0.6 is 0 Å². The van der Waals surface area contributed by atoms with Crippen molar-refractivity contribution in [2.24, 2.45) is 5.73 Å². The lowest BCUT2D eigenvalue weighted by Gasteiger charge is -2.32. The second kappa shape index (κ2) is 10.4. The van der Waals surface area contributed by atoms with Crippen molar-refractivity contribution >= 4 is 23.0 Å². The van der Waals surface area contributed by atoms with Gasteiger partial charge in [0.05, 0.1) is 25.1 Å². The van der Waals surface area contributed by atoms with Crippen LogP contribution in [-0.4, -0.2) is 66.2 Å². The molecule has 5 rings (SSSR count). The molecular formula is C26H31N7O2. The topological polar surface area (TPSA) is 123 Å². The van der Waals surface area contributed by atoms with Crippen molar-refractivity contribution in [2.45, 2.75) is 25.3 Å². The number of hydrogen-bond acceptors (Lipinski definition) is 9. The quantitative estimate of drug-likeness (QED) is 0.519. The highest BCUT2D eigenvalue weighted by molar-refractivity contribution is 6.00. The molecule has 0 radical (unpaired) electrons. The molecule has 9 nitrogen and oxygen atoms in total. The number of nitrogens with two attached hydrogens (primary N) is 2. The fourth-order valence-electron chi connectivity index (χ4n) is 4.76. The van der Waals surface area contributed by atoms with E-state index in [2.05, 4.69) is 36.9 Å². The number of ketones is 1. The zero-order valence-corrected chi connectivity index (χ0v) is 19.8. The summed E-state index contributed by atoms with van der Waals surface area (Å²) in [5, 5.41) is 0. The lowest BCUT2D eigenvalue weighted by Crippen LogP contribution is -2.42. The average molecular weight is 474 g/mol. The largest absolute Gasteiger partial charge is 0.382 e. The van der Waals surface area contributed by atoms with E-state index in [4.69, 9.17) is 16.2 Å². The number of rotatable bonds is 6. The second-order valence-electron chi connectivity index (χ2n) is 9.09. The fourth-order valence-corrected chi connectivity index (χ4v) is 4.76. The van der Waals surface area contributed by atoms with Gasteiger partial charge in [0.25, 0.3) is 0 Å². The monoisotopic (exact) mass is 473 g/mol. The summed E-state index contributed by atoms with van der Waals surface area (Å²) in [7, 11) is 0. The SMILES string of the molecule is Nc1ncc(-c2ccc(N3CCC[C@H](N)C3)cc2)nc1C(=O)Cc1cnccc1N1CCOCC1. The van der Waals surface area contributed by atoms with Crippen LogP contribution in [0.5, 0.6) is 0 Å². The third kappa shape index (κ3) is 5.26. The van der Waals surface area contributed by atoms with Crippen molar-refractivity contribution in [3.63, 3.8) is 0 Å². The van der Waals surface area contributed by atoms with Crippen LogP contribution in [0, 0.1) is 0 Å². The molecule has 35 heavy (non-hydrogen) atoms. The molecular weight excluding hydrogens is 442 g/mol. The second-order valence-corrected chi connectivity index (χ2v) is 9.09. The van der Waals surface area contributed by atoms with E-state index < -0.39 is 0 Å². The van der Waals surface area contributed by atoms with Crippen LogP contribution in [0.2, 0.25) is 0 Å². The maximum Gasteiger partial charge on any atom is 0.189 e. The highest BCUT2D eigenvalue weighted by atomic mass is 16.5. The molecule has 4 heterocycles. The Hall–Kier alpha value is -3.56. The van der Waals surface area contributed by atoms with Gasteiger partial charge in [-0.15, -0.1) is 0 Å². The fraction of sp³-hybridized carbons (Fsp3) is 0.385. The number of anilines is 3. The van der Waals surface area contributed by atoms with Crippen molar-refractivity contribution in [1.82, 2.24) is 15.0 Å². The summed E-state index contributed by atoms with van der Waals surface area (Å²) in [5.74, 6) is -0.0484.